The second kappa shape index (κ2) is 4.76. The molecule has 2 nitrogen and oxygen atoms in total. The molecule has 0 fully saturated rings. The fraction of sp³-hybridized carbons (Fsp3) is 0.333. The molecule has 0 aliphatic heterocycles. The van der Waals surface area contributed by atoms with Gasteiger partial charge in [0.25, 0.3) is 0 Å². The Morgan fingerprint density at radius 2 is 1.82 bits per heavy atom. The maximum atomic E-state index is 5.76. The monoisotopic (exact) mass is 228 g/mol. The minimum atomic E-state index is 0.358. The van der Waals surface area contributed by atoms with Crippen LogP contribution >= 0.6 is 0 Å². The molecule has 1 heterocycles. The zero-order valence-corrected chi connectivity index (χ0v) is 10.8. The number of benzene rings is 1. The van der Waals surface area contributed by atoms with Crippen LogP contribution in [0, 0.1) is 13.8 Å². The maximum absolute atomic E-state index is 5.76. The standard InChI is InChI=1S/C15H20N2/c1-11-9-15(10-16)13(3)17(11)12(2)14-7-5-4-6-8-14/h4-9,12H,10,16H2,1-3H3/t12-/m0/s1. The lowest BCUT2D eigenvalue weighted by molar-refractivity contribution is 0.608. The molecule has 1 aromatic heterocycles. The van der Waals surface area contributed by atoms with Crippen molar-refractivity contribution in [3.8, 4) is 0 Å². The zero-order chi connectivity index (χ0) is 12.4. The molecule has 0 saturated carbocycles. The van der Waals surface area contributed by atoms with E-state index >= 15 is 0 Å². The van der Waals surface area contributed by atoms with Gasteiger partial charge in [-0.05, 0) is 38.0 Å². The minimum absolute atomic E-state index is 0.358. The van der Waals surface area contributed by atoms with Crippen molar-refractivity contribution in [3.05, 3.63) is 58.9 Å². The van der Waals surface area contributed by atoms with Crippen molar-refractivity contribution in [1.82, 2.24) is 4.57 Å². The smallest absolute Gasteiger partial charge is 0.0556 e. The van der Waals surface area contributed by atoms with Crippen LogP contribution in [-0.4, -0.2) is 4.57 Å². The van der Waals surface area contributed by atoms with E-state index in [1.807, 2.05) is 0 Å². The van der Waals surface area contributed by atoms with E-state index in [2.05, 4.69) is 61.7 Å². The molecule has 1 aromatic carbocycles. The second-order valence-corrected chi connectivity index (χ2v) is 4.56. The normalized spacial score (nSPS) is 12.7. The summed E-state index contributed by atoms with van der Waals surface area (Å²) in [5.41, 5.74) is 10.9. The third-order valence-electron chi connectivity index (χ3n) is 3.48. The Morgan fingerprint density at radius 3 is 2.35 bits per heavy atom. The Morgan fingerprint density at radius 1 is 1.18 bits per heavy atom. The van der Waals surface area contributed by atoms with Crippen LogP contribution in [0.5, 0.6) is 0 Å². The summed E-state index contributed by atoms with van der Waals surface area (Å²) in [7, 11) is 0. The molecule has 2 rings (SSSR count). The molecule has 0 saturated heterocycles. The first kappa shape index (κ1) is 11.9. The van der Waals surface area contributed by atoms with Crippen LogP contribution in [-0.2, 0) is 6.54 Å². The largest absolute Gasteiger partial charge is 0.342 e. The molecule has 0 amide bonds. The van der Waals surface area contributed by atoms with Crippen LogP contribution < -0.4 is 5.73 Å². The van der Waals surface area contributed by atoms with Gasteiger partial charge in [-0.1, -0.05) is 30.3 Å². The van der Waals surface area contributed by atoms with Crippen LogP contribution in [0.2, 0.25) is 0 Å². The number of nitrogens with two attached hydrogens (primary N) is 1. The van der Waals surface area contributed by atoms with Crippen molar-refractivity contribution in [2.24, 2.45) is 5.73 Å². The van der Waals surface area contributed by atoms with E-state index in [0.29, 0.717) is 12.6 Å². The summed E-state index contributed by atoms with van der Waals surface area (Å²) in [6.45, 7) is 7.14. The zero-order valence-electron chi connectivity index (χ0n) is 10.8. The Hall–Kier alpha value is -1.54. The Bertz CT molecular complexity index is 497. The topological polar surface area (TPSA) is 30.9 Å². The number of hydrogen-bond acceptors (Lipinski definition) is 1. The molecule has 0 bridgehead atoms. The van der Waals surface area contributed by atoms with Gasteiger partial charge in [-0.2, -0.15) is 0 Å². The lowest BCUT2D eigenvalue weighted by atomic mass is 10.1. The van der Waals surface area contributed by atoms with Gasteiger partial charge in [0.15, 0.2) is 0 Å². The minimum Gasteiger partial charge on any atom is -0.342 e. The lowest BCUT2D eigenvalue weighted by Crippen LogP contribution is -2.10. The summed E-state index contributed by atoms with van der Waals surface area (Å²) in [4.78, 5) is 0. The average molecular weight is 228 g/mol. The van der Waals surface area contributed by atoms with Crippen molar-refractivity contribution >= 4 is 0 Å². The molecule has 2 N–H and O–H groups in total. The summed E-state index contributed by atoms with van der Waals surface area (Å²) < 4.78 is 2.36. The highest BCUT2D eigenvalue weighted by Crippen LogP contribution is 2.25. The lowest BCUT2D eigenvalue weighted by Gasteiger charge is -2.19. The third kappa shape index (κ3) is 2.13. The van der Waals surface area contributed by atoms with Crippen molar-refractivity contribution in [2.75, 3.05) is 0 Å². The van der Waals surface area contributed by atoms with Crippen LogP contribution in [0.4, 0.5) is 0 Å². The van der Waals surface area contributed by atoms with Crippen LogP contribution in [0.3, 0.4) is 0 Å². The SMILES string of the molecule is Cc1cc(CN)c(C)n1[C@@H](C)c1ccccc1. The van der Waals surface area contributed by atoms with Gasteiger partial charge in [-0.15, -0.1) is 0 Å². The summed E-state index contributed by atoms with van der Waals surface area (Å²) >= 11 is 0. The molecular formula is C15H20N2. The van der Waals surface area contributed by atoms with E-state index in [1.54, 1.807) is 0 Å². The summed E-state index contributed by atoms with van der Waals surface area (Å²) in [5.74, 6) is 0. The van der Waals surface area contributed by atoms with E-state index < -0.39 is 0 Å². The summed E-state index contributed by atoms with van der Waals surface area (Å²) in [6, 6.07) is 13.1. The van der Waals surface area contributed by atoms with Crippen molar-refractivity contribution in [1.29, 1.82) is 0 Å². The van der Waals surface area contributed by atoms with Gasteiger partial charge in [0, 0.05) is 17.9 Å². The predicted octanol–water partition coefficient (Wildman–Crippen LogP) is 3.17. The van der Waals surface area contributed by atoms with Gasteiger partial charge >= 0.3 is 0 Å². The highest BCUT2D eigenvalue weighted by atomic mass is 15.0. The van der Waals surface area contributed by atoms with Gasteiger partial charge in [0.05, 0.1) is 6.04 Å². The van der Waals surface area contributed by atoms with Gasteiger partial charge in [-0.25, -0.2) is 0 Å². The molecule has 0 radical (unpaired) electrons. The van der Waals surface area contributed by atoms with Crippen LogP contribution in [0.25, 0.3) is 0 Å². The molecule has 0 aliphatic rings. The molecule has 17 heavy (non-hydrogen) atoms. The van der Waals surface area contributed by atoms with Crippen molar-refractivity contribution in [3.63, 3.8) is 0 Å². The molecule has 2 heteroatoms. The summed E-state index contributed by atoms with van der Waals surface area (Å²) in [5, 5.41) is 0. The number of aryl methyl sites for hydroxylation is 1. The quantitative estimate of drug-likeness (QED) is 0.859. The average Bonchev–Trinajstić information content (AvgIpc) is 2.64. The molecule has 2 aromatic rings. The van der Waals surface area contributed by atoms with E-state index in [1.165, 1.54) is 22.5 Å². The van der Waals surface area contributed by atoms with E-state index in [-0.39, 0.29) is 0 Å². The van der Waals surface area contributed by atoms with Crippen LogP contribution in [0.1, 0.15) is 35.5 Å². The molecule has 1 atom stereocenters. The first-order chi connectivity index (χ1) is 8.15. The Balaban J connectivity index is 2.44. The van der Waals surface area contributed by atoms with Gasteiger partial charge in [-0.3, -0.25) is 0 Å². The molecule has 0 unspecified atom stereocenters. The highest BCUT2D eigenvalue weighted by molar-refractivity contribution is 5.30. The number of nitrogens with zero attached hydrogens (tertiary/aromatic N) is 1. The number of aromatic nitrogens is 1. The van der Waals surface area contributed by atoms with Gasteiger partial charge in [0.2, 0.25) is 0 Å². The predicted molar refractivity (Wildman–Crippen MR) is 72.1 cm³/mol. The first-order valence-corrected chi connectivity index (χ1v) is 6.07. The Kier molecular flexibility index (Phi) is 3.34. The first-order valence-electron chi connectivity index (χ1n) is 6.07. The highest BCUT2D eigenvalue weighted by Gasteiger charge is 2.14. The molecule has 0 spiro atoms. The second-order valence-electron chi connectivity index (χ2n) is 4.56. The molecule has 90 valence electrons. The number of rotatable bonds is 3. The van der Waals surface area contributed by atoms with Crippen LogP contribution in [0.15, 0.2) is 36.4 Å². The molecular weight excluding hydrogens is 208 g/mol. The van der Waals surface area contributed by atoms with E-state index in [0.717, 1.165) is 0 Å². The summed E-state index contributed by atoms with van der Waals surface area (Å²) in [6.07, 6.45) is 0. The van der Waals surface area contributed by atoms with Crippen molar-refractivity contribution < 1.29 is 0 Å². The van der Waals surface area contributed by atoms with Gasteiger partial charge < -0.3 is 10.3 Å². The third-order valence-corrected chi connectivity index (χ3v) is 3.48. The maximum Gasteiger partial charge on any atom is 0.0556 e. The fourth-order valence-corrected chi connectivity index (χ4v) is 2.53. The van der Waals surface area contributed by atoms with E-state index in [4.69, 9.17) is 5.73 Å². The number of hydrogen-bond donors (Lipinski definition) is 1. The van der Waals surface area contributed by atoms with E-state index in [9.17, 15) is 0 Å². The fourth-order valence-electron chi connectivity index (χ4n) is 2.53. The van der Waals surface area contributed by atoms with Gasteiger partial charge in [0.1, 0.15) is 0 Å². The Labute approximate surface area is 103 Å². The molecule has 0 aliphatic carbocycles. The van der Waals surface area contributed by atoms with Crippen molar-refractivity contribution in [2.45, 2.75) is 33.4 Å².